The number of hydrogen-bond donors (Lipinski definition) is 2. The molecule has 23 heavy (non-hydrogen) atoms. The largest absolute Gasteiger partial charge is 0.387 e. The van der Waals surface area contributed by atoms with E-state index in [-0.39, 0.29) is 12.6 Å². The van der Waals surface area contributed by atoms with Gasteiger partial charge >= 0.3 is 6.03 Å². The van der Waals surface area contributed by atoms with E-state index in [4.69, 9.17) is 22.6 Å². The maximum Gasteiger partial charge on any atom is 0.321 e. The number of halogens is 1. The molecular weight excluding hydrogens is 318 g/mol. The average Bonchev–Trinajstić information content (AvgIpc) is 3.05. The van der Waals surface area contributed by atoms with E-state index in [0.717, 1.165) is 0 Å². The zero-order valence-corrected chi connectivity index (χ0v) is 13.0. The molecule has 0 bridgehead atoms. The standard InChI is InChI=1S/C15H14ClN5O2/c1-8-10(3-2-9(6-17)13(8)16)19-15-20-5-4-12(22)11(20)7-21(15)14(18)23/h2-5,11-12,22H,7H2,1H3,(H2,18,23)/t11-,12-/m1/s1. The van der Waals surface area contributed by atoms with Gasteiger partial charge in [-0.15, -0.1) is 0 Å². The molecule has 0 saturated carbocycles. The van der Waals surface area contributed by atoms with Gasteiger partial charge in [0, 0.05) is 6.20 Å². The minimum absolute atomic E-state index is 0.255. The minimum Gasteiger partial charge on any atom is -0.387 e. The Labute approximate surface area is 137 Å². The van der Waals surface area contributed by atoms with Gasteiger partial charge in [0.2, 0.25) is 5.96 Å². The number of amides is 2. The van der Waals surface area contributed by atoms with Crippen LogP contribution in [0, 0.1) is 18.3 Å². The van der Waals surface area contributed by atoms with Crippen LogP contribution in [0.25, 0.3) is 0 Å². The molecule has 3 rings (SSSR count). The Bertz CT molecular complexity index is 779. The molecule has 1 aromatic rings. The maximum absolute atomic E-state index is 11.7. The Hall–Kier alpha value is -2.56. The van der Waals surface area contributed by atoms with Gasteiger partial charge in [0.25, 0.3) is 0 Å². The van der Waals surface area contributed by atoms with Crippen molar-refractivity contribution in [3.05, 3.63) is 40.6 Å². The lowest BCUT2D eigenvalue weighted by atomic mass is 10.1. The van der Waals surface area contributed by atoms with Crippen LogP contribution < -0.4 is 5.73 Å². The number of guanidine groups is 1. The molecule has 0 radical (unpaired) electrons. The highest BCUT2D eigenvalue weighted by Crippen LogP contribution is 2.32. The summed E-state index contributed by atoms with van der Waals surface area (Å²) >= 11 is 6.15. The number of urea groups is 1. The Kier molecular flexibility index (Phi) is 3.72. The molecule has 2 aliphatic heterocycles. The second kappa shape index (κ2) is 5.57. The molecule has 2 atom stereocenters. The molecule has 3 N–H and O–H groups in total. The highest BCUT2D eigenvalue weighted by molar-refractivity contribution is 6.32. The lowest BCUT2D eigenvalue weighted by Crippen LogP contribution is -2.39. The van der Waals surface area contributed by atoms with Crippen molar-refractivity contribution in [1.82, 2.24) is 9.80 Å². The molecule has 1 aromatic carbocycles. The van der Waals surface area contributed by atoms with Gasteiger partial charge < -0.3 is 15.7 Å². The van der Waals surface area contributed by atoms with Gasteiger partial charge in [-0.2, -0.15) is 5.26 Å². The molecule has 0 aromatic heterocycles. The number of fused-ring (bicyclic) bond motifs is 1. The molecule has 2 heterocycles. The van der Waals surface area contributed by atoms with Gasteiger partial charge in [-0.05, 0) is 30.7 Å². The summed E-state index contributed by atoms with van der Waals surface area (Å²) in [6.07, 6.45) is 2.63. The number of rotatable bonds is 1. The third-order valence-electron chi connectivity index (χ3n) is 4.00. The SMILES string of the molecule is Cc1c(N=C2N(C(N)=O)C[C@@H]3[C@H](O)C=CN23)ccc(C#N)c1Cl. The van der Waals surface area contributed by atoms with E-state index in [2.05, 4.69) is 4.99 Å². The van der Waals surface area contributed by atoms with Crippen molar-refractivity contribution >= 4 is 29.3 Å². The van der Waals surface area contributed by atoms with Gasteiger partial charge in [0.1, 0.15) is 6.07 Å². The Morgan fingerprint density at radius 1 is 1.57 bits per heavy atom. The average molecular weight is 332 g/mol. The second-order valence-corrected chi connectivity index (χ2v) is 5.73. The fourth-order valence-electron chi connectivity index (χ4n) is 2.70. The Balaban J connectivity index is 2.07. The summed E-state index contributed by atoms with van der Waals surface area (Å²) in [4.78, 5) is 19.2. The number of aliphatic imine (C=N–C) groups is 1. The van der Waals surface area contributed by atoms with Crippen LogP contribution in [0.1, 0.15) is 11.1 Å². The number of nitriles is 1. The number of hydrogen-bond acceptors (Lipinski definition) is 4. The Morgan fingerprint density at radius 2 is 2.30 bits per heavy atom. The molecule has 8 heteroatoms. The molecule has 7 nitrogen and oxygen atoms in total. The van der Waals surface area contributed by atoms with Crippen LogP contribution in [0.4, 0.5) is 10.5 Å². The summed E-state index contributed by atoms with van der Waals surface area (Å²) in [5.74, 6) is 0.333. The van der Waals surface area contributed by atoms with Gasteiger partial charge in [-0.3, -0.25) is 4.90 Å². The fraction of sp³-hybridized carbons (Fsp3) is 0.267. The number of carbonyl (C=O) groups is 1. The number of nitrogens with zero attached hydrogens (tertiary/aromatic N) is 4. The van der Waals surface area contributed by atoms with E-state index < -0.39 is 12.1 Å². The van der Waals surface area contributed by atoms with E-state index in [1.54, 1.807) is 36.2 Å². The van der Waals surface area contributed by atoms with Gasteiger partial charge in [-0.25, -0.2) is 9.79 Å². The number of carbonyl (C=O) groups excluding carboxylic acids is 1. The lowest BCUT2D eigenvalue weighted by Gasteiger charge is -2.18. The monoisotopic (exact) mass is 331 g/mol. The number of aliphatic hydroxyl groups is 1. The Morgan fingerprint density at radius 3 is 2.96 bits per heavy atom. The van der Waals surface area contributed by atoms with Crippen molar-refractivity contribution in [2.45, 2.75) is 19.1 Å². The van der Waals surface area contributed by atoms with Crippen molar-refractivity contribution in [2.24, 2.45) is 10.7 Å². The quantitative estimate of drug-likeness (QED) is 0.812. The molecule has 0 aliphatic carbocycles. The van der Waals surface area contributed by atoms with Crippen molar-refractivity contribution in [3.8, 4) is 6.07 Å². The van der Waals surface area contributed by atoms with E-state index in [9.17, 15) is 9.90 Å². The summed E-state index contributed by atoms with van der Waals surface area (Å²) in [5, 5.41) is 19.3. The first kappa shape index (κ1) is 15.3. The van der Waals surface area contributed by atoms with Crippen LogP contribution in [0.2, 0.25) is 5.02 Å². The molecular formula is C15H14ClN5O2. The summed E-state index contributed by atoms with van der Waals surface area (Å²) in [5.41, 5.74) is 6.94. The molecule has 0 unspecified atom stereocenters. The third-order valence-corrected chi connectivity index (χ3v) is 4.49. The minimum atomic E-state index is -0.685. The maximum atomic E-state index is 11.7. The first-order chi connectivity index (χ1) is 10.9. The normalized spacial score (nSPS) is 24.2. The molecule has 2 aliphatic rings. The van der Waals surface area contributed by atoms with Crippen LogP contribution in [0.3, 0.4) is 0 Å². The smallest absolute Gasteiger partial charge is 0.321 e. The number of benzene rings is 1. The van der Waals surface area contributed by atoms with Crippen LogP contribution in [-0.2, 0) is 0 Å². The molecule has 118 valence electrons. The fourth-order valence-corrected chi connectivity index (χ4v) is 2.90. The van der Waals surface area contributed by atoms with Crippen LogP contribution in [0.5, 0.6) is 0 Å². The summed E-state index contributed by atoms with van der Waals surface area (Å²) in [7, 11) is 0. The number of aliphatic hydroxyl groups excluding tert-OH is 1. The van der Waals surface area contributed by atoms with Crippen molar-refractivity contribution < 1.29 is 9.90 Å². The zero-order valence-electron chi connectivity index (χ0n) is 12.3. The highest BCUT2D eigenvalue weighted by Gasteiger charge is 2.43. The molecule has 1 fully saturated rings. The van der Waals surface area contributed by atoms with Gasteiger partial charge in [-0.1, -0.05) is 11.6 Å². The van der Waals surface area contributed by atoms with Crippen LogP contribution in [-0.4, -0.2) is 45.6 Å². The predicted molar refractivity (Wildman–Crippen MR) is 85.1 cm³/mol. The van der Waals surface area contributed by atoms with E-state index in [1.165, 1.54) is 4.90 Å². The predicted octanol–water partition coefficient (Wildman–Crippen LogP) is 1.46. The highest BCUT2D eigenvalue weighted by atomic mass is 35.5. The van der Waals surface area contributed by atoms with Crippen molar-refractivity contribution in [1.29, 1.82) is 5.26 Å². The summed E-state index contributed by atoms with van der Waals surface area (Å²) in [6.45, 7) is 2.00. The van der Waals surface area contributed by atoms with Gasteiger partial charge in [0.05, 0.1) is 35.0 Å². The molecule has 2 amide bonds. The second-order valence-electron chi connectivity index (χ2n) is 5.35. The molecule has 1 saturated heterocycles. The number of nitrogens with two attached hydrogens (primary N) is 1. The van der Waals surface area contributed by atoms with E-state index in [0.29, 0.717) is 27.8 Å². The van der Waals surface area contributed by atoms with Crippen molar-refractivity contribution in [2.75, 3.05) is 6.54 Å². The van der Waals surface area contributed by atoms with Crippen molar-refractivity contribution in [3.63, 3.8) is 0 Å². The first-order valence-corrected chi connectivity index (χ1v) is 7.31. The summed E-state index contributed by atoms with van der Waals surface area (Å²) in [6, 6.07) is 4.30. The van der Waals surface area contributed by atoms with E-state index >= 15 is 0 Å². The van der Waals surface area contributed by atoms with Crippen LogP contribution >= 0.6 is 11.6 Å². The van der Waals surface area contributed by atoms with E-state index in [1.807, 2.05) is 6.07 Å². The topological polar surface area (TPSA) is 106 Å². The zero-order chi connectivity index (χ0) is 16.7. The third kappa shape index (κ3) is 2.42. The lowest BCUT2D eigenvalue weighted by molar-refractivity contribution is 0.167. The van der Waals surface area contributed by atoms with Gasteiger partial charge in [0.15, 0.2) is 0 Å². The van der Waals surface area contributed by atoms with Crippen LogP contribution in [0.15, 0.2) is 29.4 Å². The number of primary amides is 1. The summed E-state index contributed by atoms with van der Waals surface area (Å²) < 4.78 is 0. The first-order valence-electron chi connectivity index (χ1n) is 6.93. The molecule has 0 spiro atoms.